The second-order valence-corrected chi connectivity index (χ2v) is 6.70. The molecule has 0 unspecified atom stereocenters. The minimum absolute atomic E-state index is 0.277. The van der Waals surface area contributed by atoms with Crippen LogP contribution in [0.25, 0.3) is 11.1 Å². The fourth-order valence-electron chi connectivity index (χ4n) is 2.66. The number of carbonyl (C=O) groups excluding carboxylic acids is 1. The number of esters is 1. The van der Waals surface area contributed by atoms with Gasteiger partial charge < -0.3 is 4.74 Å². The molecule has 3 heteroatoms. The maximum atomic E-state index is 12.7. The highest BCUT2D eigenvalue weighted by Gasteiger charge is 2.17. The highest BCUT2D eigenvalue weighted by Crippen LogP contribution is 2.31. The lowest BCUT2D eigenvalue weighted by Gasteiger charge is -2.14. The van der Waals surface area contributed by atoms with E-state index in [1.54, 1.807) is 0 Å². The molecule has 3 aromatic carbocycles. The molecule has 24 heavy (non-hydrogen) atoms. The maximum absolute atomic E-state index is 12.7. The van der Waals surface area contributed by atoms with E-state index in [0.29, 0.717) is 5.56 Å². The van der Waals surface area contributed by atoms with Gasteiger partial charge in [0.05, 0.1) is 5.56 Å². The molecule has 0 aliphatic carbocycles. The summed E-state index contributed by atoms with van der Waals surface area (Å²) in [5.41, 5.74) is 4.65. The Bertz CT molecular complexity index is 857. The van der Waals surface area contributed by atoms with Gasteiger partial charge in [0.2, 0.25) is 0 Å². The second kappa shape index (κ2) is 7.62. The summed E-state index contributed by atoms with van der Waals surface area (Å²) in [4.78, 5) is 12.7. The van der Waals surface area contributed by atoms with E-state index in [2.05, 4.69) is 22.6 Å². The SMILES string of the molecule is Cc1cccc(C(=O)OCc2ccccc2)c1-c1ccccc1I. The quantitative estimate of drug-likeness (QED) is 0.398. The van der Waals surface area contributed by atoms with Crippen molar-refractivity contribution in [2.75, 3.05) is 0 Å². The van der Waals surface area contributed by atoms with Crippen molar-refractivity contribution in [1.29, 1.82) is 0 Å². The zero-order valence-electron chi connectivity index (χ0n) is 13.3. The molecule has 120 valence electrons. The molecule has 0 N–H and O–H groups in total. The van der Waals surface area contributed by atoms with Crippen molar-refractivity contribution in [3.63, 3.8) is 0 Å². The number of hydrogen-bond donors (Lipinski definition) is 0. The summed E-state index contributed by atoms with van der Waals surface area (Å²) in [6.45, 7) is 2.30. The van der Waals surface area contributed by atoms with E-state index in [1.807, 2.05) is 79.7 Å². The maximum Gasteiger partial charge on any atom is 0.339 e. The van der Waals surface area contributed by atoms with Crippen molar-refractivity contribution in [1.82, 2.24) is 0 Å². The molecular formula is C21H17IO2. The average molecular weight is 428 g/mol. The predicted octanol–water partition coefficient (Wildman–Crippen LogP) is 5.62. The first kappa shape index (κ1) is 16.7. The van der Waals surface area contributed by atoms with Crippen LogP contribution in [0.3, 0.4) is 0 Å². The van der Waals surface area contributed by atoms with E-state index in [0.717, 1.165) is 25.8 Å². The fraction of sp³-hybridized carbons (Fsp3) is 0.0952. The van der Waals surface area contributed by atoms with Crippen LogP contribution in [-0.2, 0) is 11.3 Å². The third-order valence-corrected chi connectivity index (χ3v) is 4.79. The zero-order chi connectivity index (χ0) is 16.9. The van der Waals surface area contributed by atoms with Crippen LogP contribution in [0.5, 0.6) is 0 Å². The van der Waals surface area contributed by atoms with Crippen LogP contribution >= 0.6 is 22.6 Å². The molecule has 0 aromatic heterocycles. The van der Waals surface area contributed by atoms with Gasteiger partial charge in [0, 0.05) is 9.13 Å². The molecule has 3 aromatic rings. The normalized spacial score (nSPS) is 10.4. The number of hydrogen-bond acceptors (Lipinski definition) is 2. The molecule has 0 aliphatic rings. The molecular weight excluding hydrogens is 411 g/mol. The van der Waals surface area contributed by atoms with Gasteiger partial charge in [-0.25, -0.2) is 4.79 Å². The molecule has 0 aliphatic heterocycles. The summed E-state index contributed by atoms with van der Waals surface area (Å²) in [7, 11) is 0. The van der Waals surface area contributed by atoms with Gasteiger partial charge in [-0.1, -0.05) is 60.7 Å². The Hall–Kier alpha value is -2.14. The standard InChI is InChI=1S/C21H17IO2/c1-15-8-7-12-18(20(15)17-11-5-6-13-19(17)22)21(23)24-14-16-9-3-2-4-10-16/h2-13H,14H2,1H3. The summed E-state index contributed by atoms with van der Waals surface area (Å²) in [5, 5.41) is 0. The van der Waals surface area contributed by atoms with Crippen LogP contribution in [0.1, 0.15) is 21.5 Å². The van der Waals surface area contributed by atoms with Gasteiger partial charge in [-0.05, 0) is 58.3 Å². The minimum Gasteiger partial charge on any atom is -0.457 e. The van der Waals surface area contributed by atoms with Gasteiger partial charge >= 0.3 is 5.97 Å². The number of halogens is 1. The van der Waals surface area contributed by atoms with Crippen LogP contribution in [0, 0.1) is 10.5 Å². The Kier molecular flexibility index (Phi) is 5.30. The van der Waals surface area contributed by atoms with Gasteiger partial charge in [0.15, 0.2) is 0 Å². The minimum atomic E-state index is -0.294. The van der Waals surface area contributed by atoms with Crippen LogP contribution < -0.4 is 0 Å². The van der Waals surface area contributed by atoms with E-state index in [4.69, 9.17) is 4.74 Å². The summed E-state index contributed by atoms with van der Waals surface area (Å²) in [6.07, 6.45) is 0. The monoisotopic (exact) mass is 428 g/mol. The lowest BCUT2D eigenvalue weighted by molar-refractivity contribution is 0.0473. The molecule has 0 saturated carbocycles. The molecule has 2 nitrogen and oxygen atoms in total. The molecule has 0 saturated heterocycles. The van der Waals surface area contributed by atoms with Gasteiger partial charge in [-0.3, -0.25) is 0 Å². The lowest BCUT2D eigenvalue weighted by atomic mass is 9.95. The third-order valence-electron chi connectivity index (χ3n) is 3.85. The van der Waals surface area contributed by atoms with E-state index in [9.17, 15) is 4.79 Å². The van der Waals surface area contributed by atoms with Gasteiger partial charge in [-0.15, -0.1) is 0 Å². The topological polar surface area (TPSA) is 26.3 Å². The smallest absolute Gasteiger partial charge is 0.339 e. The summed E-state index contributed by atoms with van der Waals surface area (Å²) >= 11 is 2.30. The highest BCUT2D eigenvalue weighted by atomic mass is 127. The van der Waals surface area contributed by atoms with Gasteiger partial charge in [0.25, 0.3) is 0 Å². The Labute approximate surface area is 155 Å². The Morgan fingerprint density at radius 3 is 2.38 bits per heavy atom. The van der Waals surface area contributed by atoms with Gasteiger partial charge in [0.1, 0.15) is 6.61 Å². The first-order valence-corrected chi connectivity index (χ1v) is 8.80. The number of benzene rings is 3. The van der Waals surface area contributed by atoms with Crippen molar-refractivity contribution < 1.29 is 9.53 Å². The number of carbonyl (C=O) groups is 1. The van der Waals surface area contributed by atoms with Crippen molar-refractivity contribution >= 4 is 28.6 Å². The van der Waals surface area contributed by atoms with Crippen molar-refractivity contribution in [2.24, 2.45) is 0 Å². The molecule has 0 spiro atoms. The molecule has 3 rings (SSSR count). The molecule has 0 radical (unpaired) electrons. The highest BCUT2D eigenvalue weighted by molar-refractivity contribution is 14.1. The second-order valence-electron chi connectivity index (χ2n) is 5.54. The van der Waals surface area contributed by atoms with E-state index in [1.165, 1.54) is 0 Å². The Morgan fingerprint density at radius 2 is 1.62 bits per heavy atom. The van der Waals surface area contributed by atoms with E-state index in [-0.39, 0.29) is 12.6 Å². The first-order chi connectivity index (χ1) is 11.7. The third kappa shape index (κ3) is 3.67. The lowest BCUT2D eigenvalue weighted by Crippen LogP contribution is -2.08. The largest absolute Gasteiger partial charge is 0.457 e. The molecule has 0 fully saturated rings. The zero-order valence-corrected chi connectivity index (χ0v) is 15.5. The number of rotatable bonds is 4. The first-order valence-electron chi connectivity index (χ1n) is 7.72. The molecule has 0 atom stereocenters. The molecule has 0 heterocycles. The van der Waals surface area contributed by atoms with Gasteiger partial charge in [-0.2, -0.15) is 0 Å². The van der Waals surface area contributed by atoms with Crippen LogP contribution in [0.4, 0.5) is 0 Å². The number of ether oxygens (including phenoxy) is 1. The van der Waals surface area contributed by atoms with Crippen LogP contribution in [-0.4, -0.2) is 5.97 Å². The van der Waals surface area contributed by atoms with Crippen molar-refractivity contribution in [3.8, 4) is 11.1 Å². The van der Waals surface area contributed by atoms with E-state index >= 15 is 0 Å². The predicted molar refractivity (Wildman–Crippen MR) is 105 cm³/mol. The van der Waals surface area contributed by atoms with Crippen LogP contribution in [0.2, 0.25) is 0 Å². The molecule has 0 amide bonds. The Morgan fingerprint density at radius 1 is 0.917 bits per heavy atom. The summed E-state index contributed by atoms with van der Waals surface area (Å²) in [6, 6.07) is 23.5. The molecule has 0 bridgehead atoms. The van der Waals surface area contributed by atoms with Crippen LogP contribution in [0.15, 0.2) is 72.8 Å². The summed E-state index contributed by atoms with van der Waals surface area (Å²) < 4.78 is 6.64. The van der Waals surface area contributed by atoms with E-state index < -0.39 is 0 Å². The van der Waals surface area contributed by atoms with Crippen molar-refractivity contribution in [3.05, 3.63) is 93.1 Å². The summed E-state index contributed by atoms with van der Waals surface area (Å²) in [5.74, 6) is -0.294. The average Bonchev–Trinajstić information content (AvgIpc) is 2.61. The van der Waals surface area contributed by atoms with Crippen molar-refractivity contribution in [2.45, 2.75) is 13.5 Å². The fourth-order valence-corrected chi connectivity index (χ4v) is 3.32. The number of aryl methyl sites for hydroxylation is 1. The Balaban J connectivity index is 1.92.